The van der Waals surface area contributed by atoms with E-state index in [2.05, 4.69) is 9.89 Å². The SMILES string of the molecule is O=C1N=C(N2CCCCC2)SC1=Cc1ccc(-c2cccc(C(F)(F)F)c2)o1. The first-order valence-electron chi connectivity index (χ1n) is 8.95. The maximum Gasteiger partial charge on any atom is 0.416 e. The molecule has 0 radical (unpaired) electrons. The van der Waals surface area contributed by atoms with E-state index < -0.39 is 11.7 Å². The van der Waals surface area contributed by atoms with Gasteiger partial charge < -0.3 is 9.32 Å². The lowest BCUT2D eigenvalue weighted by Crippen LogP contribution is -2.33. The van der Waals surface area contributed by atoms with Crippen molar-refractivity contribution in [1.29, 1.82) is 0 Å². The second kappa shape index (κ2) is 7.50. The van der Waals surface area contributed by atoms with Crippen molar-refractivity contribution < 1.29 is 22.4 Å². The molecule has 0 atom stereocenters. The van der Waals surface area contributed by atoms with Crippen LogP contribution >= 0.6 is 11.8 Å². The smallest absolute Gasteiger partial charge is 0.416 e. The lowest BCUT2D eigenvalue weighted by molar-refractivity contribution is -0.137. The molecule has 2 aliphatic rings. The normalized spacial score (nSPS) is 19.4. The Hall–Kier alpha value is -2.48. The predicted octanol–water partition coefficient (Wildman–Crippen LogP) is 5.42. The number of amides is 1. The number of alkyl halides is 3. The Labute approximate surface area is 164 Å². The minimum absolute atomic E-state index is 0.311. The largest absolute Gasteiger partial charge is 0.457 e. The van der Waals surface area contributed by atoms with Crippen LogP contribution in [-0.2, 0) is 11.0 Å². The molecule has 1 aromatic heterocycles. The number of benzene rings is 1. The van der Waals surface area contributed by atoms with Crippen molar-refractivity contribution >= 4 is 28.9 Å². The highest BCUT2D eigenvalue weighted by molar-refractivity contribution is 8.18. The Morgan fingerprint density at radius 1 is 1.11 bits per heavy atom. The van der Waals surface area contributed by atoms with Crippen LogP contribution in [0.5, 0.6) is 0 Å². The molecule has 0 spiro atoms. The Morgan fingerprint density at radius 3 is 2.64 bits per heavy atom. The number of thioether (sulfide) groups is 1. The van der Waals surface area contributed by atoms with Crippen LogP contribution < -0.4 is 0 Å². The fourth-order valence-corrected chi connectivity index (χ4v) is 4.13. The number of hydrogen-bond acceptors (Lipinski definition) is 4. The van der Waals surface area contributed by atoms with Crippen molar-refractivity contribution in [3.05, 3.63) is 52.6 Å². The molecule has 8 heteroatoms. The zero-order valence-electron chi connectivity index (χ0n) is 14.8. The molecule has 2 aliphatic heterocycles. The zero-order valence-corrected chi connectivity index (χ0v) is 15.6. The first kappa shape index (κ1) is 18.9. The molecule has 4 nitrogen and oxygen atoms in total. The van der Waals surface area contributed by atoms with Crippen LogP contribution in [0.15, 0.2) is 50.7 Å². The fraction of sp³-hybridized carbons (Fsp3) is 0.300. The van der Waals surface area contributed by atoms with Crippen molar-refractivity contribution in [2.45, 2.75) is 25.4 Å². The maximum atomic E-state index is 12.9. The molecule has 28 heavy (non-hydrogen) atoms. The van der Waals surface area contributed by atoms with Gasteiger partial charge in [-0.2, -0.15) is 18.2 Å². The van der Waals surface area contributed by atoms with Gasteiger partial charge in [0.05, 0.1) is 10.5 Å². The van der Waals surface area contributed by atoms with Crippen LogP contribution in [0.2, 0.25) is 0 Å². The second-order valence-corrected chi connectivity index (χ2v) is 7.65. The van der Waals surface area contributed by atoms with E-state index in [0.717, 1.165) is 38.1 Å². The minimum Gasteiger partial charge on any atom is -0.457 e. The van der Waals surface area contributed by atoms with Crippen LogP contribution in [0.1, 0.15) is 30.6 Å². The lowest BCUT2D eigenvalue weighted by atomic mass is 10.1. The van der Waals surface area contributed by atoms with Crippen molar-refractivity contribution in [2.24, 2.45) is 4.99 Å². The van der Waals surface area contributed by atoms with Gasteiger partial charge in [-0.3, -0.25) is 4.79 Å². The van der Waals surface area contributed by atoms with Gasteiger partial charge in [0.25, 0.3) is 5.91 Å². The minimum atomic E-state index is -4.41. The summed E-state index contributed by atoms with van der Waals surface area (Å²) in [5.41, 5.74) is -0.405. The molecule has 0 N–H and O–H groups in total. The molecule has 1 fully saturated rings. The summed E-state index contributed by atoms with van der Waals surface area (Å²) < 4.78 is 44.3. The van der Waals surface area contributed by atoms with Gasteiger partial charge in [0, 0.05) is 24.7 Å². The monoisotopic (exact) mass is 406 g/mol. The molecular weight excluding hydrogens is 389 g/mol. The number of halogens is 3. The van der Waals surface area contributed by atoms with E-state index in [1.165, 1.54) is 24.2 Å². The highest BCUT2D eigenvalue weighted by Gasteiger charge is 2.31. The molecule has 1 saturated heterocycles. The first-order chi connectivity index (χ1) is 13.4. The highest BCUT2D eigenvalue weighted by Crippen LogP contribution is 2.34. The zero-order chi connectivity index (χ0) is 19.7. The molecule has 0 aliphatic carbocycles. The first-order valence-corrected chi connectivity index (χ1v) is 9.77. The summed E-state index contributed by atoms with van der Waals surface area (Å²) in [5, 5.41) is 0.709. The number of nitrogens with zero attached hydrogens (tertiary/aromatic N) is 2. The van der Waals surface area contributed by atoms with Crippen LogP contribution in [0.4, 0.5) is 13.2 Å². The van der Waals surface area contributed by atoms with E-state index >= 15 is 0 Å². The van der Waals surface area contributed by atoms with Crippen LogP contribution in [0.25, 0.3) is 17.4 Å². The number of rotatable bonds is 2. The van der Waals surface area contributed by atoms with Crippen LogP contribution in [-0.4, -0.2) is 29.1 Å². The molecule has 0 unspecified atom stereocenters. The van der Waals surface area contributed by atoms with E-state index in [4.69, 9.17) is 4.42 Å². The second-order valence-electron chi connectivity index (χ2n) is 6.64. The third-order valence-electron chi connectivity index (χ3n) is 4.61. The Morgan fingerprint density at radius 2 is 1.89 bits per heavy atom. The molecule has 2 aromatic rings. The predicted molar refractivity (Wildman–Crippen MR) is 103 cm³/mol. The third kappa shape index (κ3) is 4.01. The van der Waals surface area contributed by atoms with E-state index in [1.807, 2.05) is 0 Å². The maximum absolute atomic E-state index is 12.9. The molecule has 3 heterocycles. The van der Waals surface area contributed by atoms with Gasteiger partial charge >= 0.3 is 6.18 Å². The summed E-state index contributed by atoms with van der Waals surface area (Å²) in [7, 11) is 0. The van der Waals surface area contributed by atoms with E-state index in [1.54, 1.807) is 24.3 Å². The standard InChI is InChI=1S/C20H17F3N2O2S/c21-20(22,23)14-6-4-5-13(11-14)16-8-7-15(27-16)12-17-18(26)24-19(28-17)25-9-2-1-3-10-25/h4-8,11-12H,1-3,9-10H2. The quantitative estimate of drug-likeness (QED) is 0.625. The van der Waals surface area contributed by atoms with Gasteiger partial charge in [-0.25, -0.2) is 0 Å². The number of carbonyl (C=O) groups excluding carboxylic acids is 1. The average molecular weight is 406 g/mol. The number of hydrogen-bond donors (Lipinski definition) is 0. The Balaban J connectivity index is 1.52. The summed E-state index contributed by atoms with van der Waals surface area (Å²) in [4.78, 5) is 18.9. The summed E-state index contributed by atoms with van der Waals surface area (Å²) in [6.07, 6.45) is 0.541. The van der Waals surface area contributed by atoms with Crippen molar-refractivity contribution in [3.63, 3.8) is 0 Å². The Bertz CT molecular complexity index is 956. The van der Waals surface area contributed by atoms with Crippen molar-refractivity contribution in [1.82, 2.24) is 4.90 Å². The molecule has 1 amide bonds. The number of aliphatic imine (C=N–C) groups is 1. The van der Waals surface area contributed by atoms with Crippen LogP contribution in [0, 0.1) is 0 Å². The number of amidine groups is 1. The highest BCUT2D eigenvalue weighted by atomic mass is 32.2. The van der Waals surface area contributed by atoms with Gasteiger partial charge in [0.1, 0.15) is 11.5 Å². The summed E-state index contributed by atoms with van der Waals surface area (Å²) >= 11 is 1.31. The van der Waals surface area contributed by atoms with Gasteiger partial charge in [-0.1, -0.05) is 12.1 Å². The molecule has 0 bridgehead atoms. The summed E-state index contributed by atoms with van der Waals surface area (Å²) in [6, 6.07) is 8.19. The fourth-order valence-electron chi connectivity index (χ4n) is 3.18. The van der Waals surface area contributed by atoms with Crippen LogP contribution in [0.3, 0.4) is 0 Å². The molecular formula is C20H17F3N2O2S. The van der Waals surface area contributed by atoms with Gasteiger partial charge in [0.15, 0.2) is 5.17 Å². The summed E-state index contributed by atoms with van der Waals surface area (Å²) in [5.74, 6) is 0.395. The van der Waals surface area contributed by atoms with Crippen molar-refractivity contribution in [3.8, 4) is 11.3 Å². The van der Waals surface area contributed by atoms with E-state index in [9.17, 15) is 18.0 Å². The Kier molecular flexibility index (Phi) is 5.05. The van der Waals surface area contributed by atoms with E-state index in [0.29, 0.717) is 27.2 Å². The van der Waals surface area contributed by atoms with Gasteiger partial charge in [-0.15, -0.1) is 0 Å². The average Bonchev–Trinajstić information content (AvgIpc) is 3.29. The molecule has 0 saturated carbocycles. The van der Waals surface area contributed by atoms with Gasteiger partial charge in [-0.05, 0) is 55.3 Å². The molecule has 4 rings (SSSR count). The van der Waals surface area contributed by atoms with E-state index in [-0.39, 0.29) is 5.91 Å². The topological polar surface area (TPSA) is 45.8 Å². The van der Waals surface area contributed by atoms with Gasteiger partial charge in [0.2, 0.25) is 0 Å². The number of carbonyl (C=O) groups is 1. The number of piperidine rings is 1. The number of furan rings is 1. The van der Waals surface area contributed by atoms with Crippen molar-refractivity contribution in [2.75, 3.05) is 13.1 Å². The molecule has 146 valence electrons. The third-order valence-corrected chi connectivity index (χ3v) is 5.65. The summed E-state index contributed by atoms with van der Waals surface area (Å²) in [6.45, 7) is 1.79. The lowest BCUT2D eigenvalue weighted by Gasteiger charge is -2.27. The number of likely N-dealkylation sites (tertiary alicyclic amines) is 1. The molecule has 1 aromatic carbocycles.